The molecular weight excluding hydrogens is 380 g/mol. The maximum atomic E-state index is 7.17. The first kappa shape index (κ1) is 18.9. The van der Waals surface area contributed by atoms with Crippen molar-refractivity contribution >= 4 is 40.1 Å². The van der Waals surface area contributed by atoms with Gasteiger partial charge in [0.15, 0.2) is 5.69 Å². The van der Waals surface area contributed by atoms with Gasteiger partial charge in [-0.15, -0.1) is 0 Å². The van der Waals surface area contributed by atoms with Gasteiger partial charge in [-0.25, -0.2) is 14.8 Å². The third-order valence-corrected chi connectivity index (χ3v) is 4.48. The number of nitrogens with two attached hydrogens (primary N) is 1. The number of anilines is 3. The fourth-order valence-corrected chi connectivity index (χ4v) is 3.07. The molecule has 9 nitrogen and oxygen atoms in total. The summed E-state index contributed by atoms with van der Waals surface area (Å²) in [6, 6.07) is 13.4. The molecule has 2 heterocycles. The molecule has 3 N–H and O–H groups in total. The molecule has 0 saturated heterocycles. The van der Waals surface area contributed by atoms with Crippen molar-refractivity contribution in [3.63, 3.8) is 0 Å². The van der Waals surface area contributed by atoms with E-state index in [4.69, 9.17) is 17.1 Å². The van der Waals surface area contributed by atoms with Gasteiger partial charge >= 0.3 is 0 Å². The predicted octanol–water partition coefficient (Wildman–Crippen LogP) is 3.73. The number of hydrogen-bond acceptors (Lipinski definition) is 7. The van der Waals surface area contributed by atoms with Crippen LogP contribution in [0.5, 0.6) is 0 Å². The van der Waals surface area contributed by atoms with E-state index in [0.29, 0.717) is 29.4 Å². The summed E-state index contributed by atoms with van der Waals surface area (Å²) >= 11 is 0. The molecule has 2 aromatic carbocycles. The summed E-state index contributed by atoms with van der Waals surface area (Å²) in [4.78, 5) is 16.5. The molecule has 0 fully saturated rings. The quantitative estimate of drug-likeness (QED) is 0.291. The average Bonchev–Trinajstić information content (AvgIpc) is 3.15. The summed E-state index contributed by atoms with van der Waals surface area (Å²) in [7, 11) is 1.45. The molecule has 0 spiro atoms. The second-order valence-electron chi connectivity index (χ2n) is 6.42. The van der Waals surface area contributed by atoms with E-state index in [2.05, 4.69) is 30.4 Å². The molecule has 4 aromatic rings. The lowest BCUT2D eigenvalue weighted by Gasteiger charge is -2.10. The van der Waals surface area contributed by atoms with Gasteiger partial charge in [0.25, 0.3) is 0 Å². The average molecular weight is 398 g/mol. The highest BCUT2D eigenvalue weighted by molar-refractivity contribution is 5.93. The van der Waals surface area contributed by atoms with Crippen molar-refractivity contribution in [3.05, 3.63) is 77.5 Å². The van der Waals surface area contributed by atoms with Crippen LogP contribution in [-0.2, 0) is 11.4 Å². The van der Waals surface area contributed by atoms with Gasteiger partial charge in [-0.2, -0.15) is 5.10 Å². The second kappa shape index (κ2) is 8.28. The van der Waals surface area contributed by atoms with Gasteiger partial charge in [0.05, 0.1) is 36.6 Å². The molecule has 4 rings (SSSR count). The highest BCUT2D eigenvalue weighted by Crippen LogP contribution is 2.25. The molecule has 0 atom stereocenters. The Morgan fingerprint density at radius 2 is 2.17 bits per heavy atom. The van der Waals surface area contributed by atoms with Crippen LogP contribution in [0.25, 0.3) is 15.7 Å². The van der Waals surface area contributed by atoms with Crippen LogP contribution < -0.4 is 11.1 Å². The smallest absolute Gasteiger partial charge is 0.187 e. The van der Waals surface area contributed by atoms with E-state index in [1.807, 2.05) is 41.1 Å². The highest BCUT2D eigenvalue weighted by atomic mass is 16.6. The van der Waals surface area contributed by atoms with Crippen molar-refractivity contribution in [2.45, 2.75) is 6.54 Å². The van der Waals surface area contributed by atoms with E-state index < -0.39 is 0 Å². The van der Waals surface area contributed by atoms with Gasteiger partial charge in [-0.1, -0.05) is 29.4 Å². The summed E-state index contributed by atoms with van der Waals surface area (Å²) in [6.45, 7) is 7.75. The summed E-state index contributed by atoms with van der Waals surface area (Å²) in [5.41, 5.74) is 9.92. The van der Waals surface area contributed by atoms with E-state index in [9.17, 15) is 0 Å². The zero-order chi connectivity index (χ0) is 20.9. The first-order valence-electron chi connectivity index (χ1n) is 9.04. The lowest BCUT2D eigenvalue weighted by Crippen LogP contribution is -2.05. The van der Waals surface area contributed by atoms with E-state index in [0.717, 1.165) is 22.2 Å². The van der Waals surface area contributed by atoms with Gasteiger partial charge in [0.2, 0.25) is 0 Å². The molecule has 0 saturated carbocycles. The van der Waals surface area contributed by atoms with Crippen molar-refractivity contribution in [2.75, 3.05) is 18.2 Å². The summed E-state index contributed by atoms with van der Waals surface area (Å²) in [6.07, 6.45) is 4.65. The van der Waals surface area contributed by atoms with Crippen molar-refractivity contribution in [1.29, 1.82) is 0 Å². The van der Waals surface area contributed by atoms with Gasteiger partial charge in [0, 0.05) is 11.1 Å². The topological polar surface area (TPSA) is 108 Å². The van der Waals surface area contributed by atoms with Crippen molar-refractivity contribution < 1.29 is 4.84 Å². The van der Waals surface area contributed by atoms with Crippen LogP contribution in [0.2, 0.25) is 0 Å². The molecule has 0 radical (unpaired) electrons. The van der Waals surface area contributed by atoms with Gasteiger partial charge < -0.3 is 15.9 Å². The van der Waals surface area contributed by atoms with E-state index in [1.54, 1.807) is 12.3 Å². The zero-order valence-electron chi connectivity index (χ0n) is 16.1. The van der Waals surface area contributed by atoms with Crippen LogP contribution in [-0.4, -0.2) is 33.1 Å². The van der Waals surface area contributed by atoms with Crippen LogP contribution in [0.15, 0.2) is 60.1 Å². The number of nitrogen functional groups attached to an aromatic ring is 1. The Kier molecular flexibility index (Phi) is 5.21. The monoisotopic (exact) mass is 398 g/mol. The number of fused-ring (bicyclic) bond motifs is 1. The molecule has 0 bridgehead atoms. The number of aromatic nitrogens is 4. The lowest BCUT2D eigenvalue weighted by atomic mass is 10.2. The van der Waals surface area contributed by atoms with Crippen LogP contribution in [0, 0.1) is 6.57 Å². The zero-order valence-corrected chi connectivity index (χ0v) is 16.1. The minimum Gasteiger partial charge on any atom is -0.399 e. The van der Waals surface area contributed by atoms with Crippen molar-refractivity contribution in [2.24, 2.45) is 5.16 Å². The summed E-state index contributed by atoms with van der Waals surface area (Å²) in [5.74, 6) is 0.815. The van der Waals surface area contributed by atoms with Crippen LogP contribution in [0.3, 0.4) is 0 Å². The molecule has 0 unspecified atom stereocenters. The first-order valence-corrected chi connectivity index (χ1v) is 9.04. The van der Waals surface area contributed by atoms with E-state index in [1.165, 1.54) is 19.7 Å². The maximum absolute atomic E-state index is 7.17. The fourth-order valence-electron chi connectivity index (χ4n) is 3.07. The fraction of sp³-hybridized carbons (Fsp3) is 0.0952. The molecule has 148 valence electrons. The second-order valence-corrected chi connectivity index (χ2v) is 6.42. The molecule has 9 heteroatoms. The molecule has 0 amide bonds. The Bertz CT molecular complexity index is 1270. The van der Waals surface area contributed by atoms with Crippen LogP contribution >= 0.6 is 0 Å². The Labute approximate surface area is 172 Å². The largest absolute Gasteiger partial charge is 0.399 e. The standard InChI is InChI=1S/C21H18N8O/c1-23-16-5-3-4-14(8-16)12-29-19-7-6-17(9-15(19)10-26-29)28-21-18(11-27-30-2)20(22)24-13-25-21/h3-11,13H,12H2,2H3,(H3,22,24,25,28)/b27-11-. The highest BCUT2D eigenvalue weighted by Gasteiger charge is 2.10. The first-order chi connectivity index (χ1) is 14.7. The SMILES string of the molecule is [C-]#[N+]c1cccc(Cn2ncc3cc(Nc4ncnc(N)c4/C=N\OC)ccc32)c1. The molecule has 0 aliphatic carbocycles. The van der Waals surface area contributed by atoms with Gasteiger partial charge in [0.1, 0.15) is 25.1 Å². The van der Waals surface area contributed by atoms with Crippen LogP contribution in [0.4, 0.5) is 23.0 Å². The van der Waals surface area contributed by atoms with Crippen molar-refractivity contribution in [3.8, 4) is 0 Å². The molecule has 2 aromatic heterocycles. The minimum absolute atomic E-state index is 0.295. The van der Waals surface area contributed by atoms with E-state index in [-0.39, 0.29) is 0 Å². The van der Waals surface area contributed by atoms with Gasteiger partial charge in [-0.3, -0.25) is 4.68 Å². The minimum atomic E-state index is 0.295. The maximum Gasteiger partial charge on any atom is 0.187 e. The predicted molar refractivity (Wildman–Crippen MR) is 116 cm³/mol. The molecule has 0 aliphatic heterocycles. The number of nitrogens with one attached hydrogen (secondary N) is 1. The molecular formula is C21H18N8O. The number of hydrogen-bond donors (Lipinski definition) is 2. The number of benzene rings is 2. The van der Waals surface area contributed by atoms with E-state index >= 15 is 0 Å². The number of rotatable bonds is 6. The third kappa shape index (κ3) is 3.88. The lowest BCUT2D eigenvalue weighted by molar-refractivity contribution is 0.215. The van der Waals surface area contributed by atoms with Crippen molar-refractivity contribution in [1.82, 2.24) is 19.7 Å². The van der Waals surface area contributed by atoms with Crippen LogP contribution in [0.1, 0.15) is 11.1 Å². The molecule has 30 heavy (non-hydrogen) atoms. The Balaban J connectivity index is 1.61. The number of nitrogens with zero attached hydrogens (tertiary/aromatic N) is 6. The molecule has 0 aliphatic rings. The Morgan fingerprint density at radius 3 is 3.00 bits per heavy atom. The third-order valence-electron chi connectivity index (χ3n) is 4.48. The summed E-state index contributed by atoms with van der Waals surface area (Å²) in [5, 5.41) is 12.5. The summed E-state index contributed by atoms with van der Waals surface area (Å²) < 4.78 is 1.90. The normalized spacial score (nSPS) is 10.9. The number of oxime groups is 1. The Morgan fingerprint density at radius 1 is 1.27 bits per heavy atom. The Hall–Kier alpha value is -4.45. The van der Waals surface area contributed by atoms with Gasteiger partial charge in [-0.05, 0) is 23.8 Å².